The fourth-order valence-electron chi connectivity index (χ4n) is 3.95. The molecule has 43 heavy (non-hydrogen) atoms. The number of nitrogens with one attached hydrogen (secondary N) is 1. The molecule has 5 N–H and O–H groups in total. The molecule has 0 fully saturated rings. The van der Waals surface area contributed by atoms with Crippen LogP contribution in [0.3, 0.4) is 0 Å². The molecule has 3 aromatic rings. The van der Waals surface area contributed by atoms with Crippen molar-refractivity contribution >= 4 is 46.7 Å². The smallest absolute Gasteiger partial charge is 0.425 e. The molecule has 0 saturated heterocycles. The van der Waals surface area contributed by atoms with Gasteiger partial charge in [-0.3, -0.25) is 9.59 Å². The zero-order valence-corrected chi connectivity index (χ0v) is 24.0. The first-order valence-electron chi connectivity index (χ1n) is 12.0. The maximum Gasteiger partial charge on any atom is 0.425 e. The molecule has 0 bridgehead atoms. The monoisotopic (exact) mass is 648 g/mol. The zero-order chi connectivity index (χ0) is 32.3. The van der Waals surface area contributed by atoms with Gasteiger partial charge in [-0.25, -0.2) is 23.7 Å². The van der Waals surface area contributed by atoms with Gasteiger partial charge in [0.1, 0.15) is 17.1 Å². The van der Waals surface area contributed by atoms with Gasteiger partial charge < -0.3 is 26.3 Å². The quantitative estimate of drug-likeness (QED) is 0.317. The second-order valence-electron chi connectivity index (χ2n) is 9.24. The number of ether oxygens (including phenoxy) is 2. The van der Waals surface area contributed by atoms with Gasteiger partial charge in [-0.15, -0.1) is 0 Å². The van der Waals surface area contributed by atoms with Gasteiger partial charge in [-0.05, 0) is 31.5 Å². The third-order valence-electron chi connectivity index (χ3n) is 5.98. The average molecular weight is 649 g/mol. The molecule has 3 heterocycles. The minimum absolute atomic E-state index is 0.0210. The number of methoxy groups -OCH3 is 1. The summed E-state index contributed by atoms with van der Waals surface area (Å²) in [7, 11) is 1.48. The van der Waals surface area contributed by atoms with Crippen LogP contribution >= 0.6 is 23.2 Å². The summed E-state index contributed by atoms with van der Waals surface area (Å²) in [6.45, 7) is 2.73. The molecule has 2 amide bonds. The first-order valence-corrected chi connectivity index (χ1v) is 12.7. The SMILES string of the molecule is COc1cnc(C(N)=O)c(Cl)c1.Cc1cc(Cl)cnc1C(=O)Nc1cc(F)c(F)c([C@]2(C)C[C@@H](C(F)(F)F)OC(N)=N2)c1. The van der Waals surface area contributed by atoms with Crippen molar-refractivity contribution in [3.05, 3.63) is 80.9 Å². The fourth-order valence-corrected chi connectivity index (χ4v) is 4.41. The number of aryl methyl sites for hydroxylation is 1. The molecule has 0 aliphatic carbocycles. The largest absolute Gasteiger partial charge is 0.495 e. The van der Waals surface area contributed by atoms with Crippen molar-refractivity contribution in [2.75, 3.05) is 12.4 Å². The van der Waals surface area contributed by atoms with Gasteiger partial charge >= 0.3 is 6.18 Å². The molecular formula is C26H23Cl2F5N6O4. The van der Waals surface area contributed by atoms with Crippen LogP contribution in [0.2, 0.25) is 10.0 Å². The van der Waals surface area contributed by atoms with Crippen LogP contribution in [-0.2, 0) is 10.3 Å². The summed E-state index contributed by atoms with van der Waals surface area (Å²) in [4.78, 5) is 34.5. The van der Waals surface area contributed by atoms with Crippen molar-refractivity contribution in [3.63, 3.8) is 0 Å². The van der Waals surface area contributed by atoms with Gasteiger partial charge in [0.2, 0.25) is 0 Å². The molecule has 1 aromatic carbocycles. The molecule has 17 heteroatoms. The third-order valence-corrected chi connectivity index (χ3v) is 6.47. The highest BCUT2D eigenvalue weighted by Crippen LogP contribution is 2.42. The fraction of sp³-hybridized carbons (Fsp3) is 0.269. The van der Waals surface area contributed by atoms with Crippen LogP contribution in [0.15, 0.2) is 41.7 Å². The van der Waals surface area contributed by atoms with Crippen LogP contribution in [-0.4, -0.2) is 47.2 Å². The number of halogens is 7. The first-order chi connectivity index (χ1) is 19.9. The number of pyridine rings is 2. The predicted octanol–water partition coefficient (Wildman–Crippen LogP) is 5.30. The number of aliphatic imine (C=N–C) groups is 1. The van der Waals surface area contributed by atoms with Crippen LogP contribution in [0, 0.1) is 18.6 Å². The number of anilines is 1. The second-order valence-corrected chi connectivity index (χ2v) is 10.1. The van der Waals surface area contributed by atoms with E-state index in [-0.39, 0.29) is 22.1 Å². The van der Waals surface area contributed by atoms with Crippen LogP contribution < -0.4 is 21.5 Å². The molecule has 0 radical (unpaired) electrons. The minimum Gasteiger partial charge on any atom is -0.495 e. The number of hydrogen-bond donors (Lipinski definition) is 3. The lowest BCUT2D eigenvalue weighted by Crippen LogP contribution is -2.46. The van der Waals surface area contributed by atoms with Crippen LogP contribution in [0.5, 0.6) is 5.75 Å². The summed E-state index contributed by atoms with van der Waals surface area (Å²) < 4.78 is 77.8. The number of hydrogen-bond acceptors (Lipinski definition) is 8. The average Bonchev–Trinajstić information content (AvgIpc) is 2.89. The number of carbonyl (C=O) groups excluding carboxylic acids is 2. The van der Waals surface area contributed by atoms with Gasteiger partial charge in [0, 0.05) is 36.0 Å². The number of carbonyl (C=O) groups is 2. The number of nitrogens with two attached hydrogens (primary N) is 2. The number of amidine groups is 1. The molecule has 1 aliphatic rings. The zero-order valence-electron chi connectivity index (χ0n) is 22.5. The van der Waals surface area contributed by atoms with Gasteiger partial charge in [0.25, 0.3) is 17.8 Å². The number of nitrogens with zero attached hydrogens (tertiary/aromatic N) is 3. The highest BCUT2D eigenvalue weighted by Gasteiger charge is 2.50. The Balaban J connectivity index is 0.000000353. The lowest BCUT2D eigenvalue weighted by Gasteiger charge is -2.36. The van der Waals surface area contributed by atoms with E-state index in [1.54, 1.807) is 6.92 Å². The molecule has 10 nitrogen and oxygen atoms in total. The van der Waals surface area contributed by atoms with E-state index in [2.05, 4.69) is 25.0 Å². The molecule has 4 rings (SSSR count). The molecule has 0 saturated carbocycles. The molecule has 0 spiro atoms. The number of aromatic nitrogens is 2. The van der Waals surface area contributed by atoms with Crippen LogP contribution in [0.25, 0.3) is 0 Å². The van der Waals surface area contributed by atoms with E-state index >= 15 is 0 Å². The van der Waals surface area contributed by atoms with Gasteiger partial charge in [0.15, 0.2) is 17.7 Å². The summed E-state index contributed by atoms with van der Waals surface area (Å²) in [6, 6.07) is 3.84. The normalized spacial score (nSPS) is 18.0. The van der Waals surface area contributed by atoms with Crippen molar-refractivity contribution < 1.29 is 41.0 Å². The lowest BCUT2D eigenvalue weighted by atomic mass is 9.85. The number of amides is 2. The van der Waals surface area contributed by atoms with Crippen molar-refractivity contribution in [2.24, 2.45) is 16.5 Å². The first kappa shape index (κ1) is 33.3. The standard InChI is InChI=1S/C19H16ClF5N4O2.C7H7ClN2O2/c1-8-3-9(20)7-27-15(8)16(30)28-10-4-11(14(22)12(21)5-10)18(2)6-13(19(23,24)25)31-17(26)29-18;1-12-4-2-5(8)6(7(9)11)10-3-4/h3-5,7,13H,6H2,1-2H3,(H2,26,29)(H,28,30);2-3H,1H3,(H2,9,11)/t13-,18-;/m0./s1. The van der Waals surface area contributed by atoms with Crippen LogP contribution in [0.1, 0.15) is 45.4 Å². The Morgan fingerprint density at radius 3 is 2.33 bits per heavy atom. The molecular weight excluding hydrogens is 626 g/mol. The number of alkyl halides is 3. The predicted molar refractivity (Wildman–Crippen MR) is 147 cm³/mol. The summed E-state index contributed by atoms with van der Waals surface area (Å²) >= 11 is 11.5. The van der Waals surface area contributed by atoms with E-state index in [4.69, 9.17) is 39.4 Å². The molecule has 1 aliphatic heterocycles. The Morgan fingerprint density at radius 1 is 1.12 bits per heavy atom. The van der Waals surface area contributed by atoms with E-state index in [9.17, 15) is 31.5 Å². The van der Waals surface area contributed by atoms with E-state index in [1.165, 1.54) is 31.6 Å². The second kappa shape index (κ2) is 13.0. The van der Waals surface area contributed by atoms with Gasteiger partial charge in [-0.2, -0.15) is 13.2 Å². The maximum absolute atomic E-state index is 14.6. The van der Waals surface area contributed by atoms with Crippen molar-refractivity contribution in [1.82, 2.24) is 9.97 Å². The van der Waals surface area contributed by atoms with Gasteiger partial charge in [0.05, 0.1) is 28.9 Å². The summed E-state index contributed by atoms with van der Waals surface area (Å²) in [6.07, 6.45) is -5.40. The topological polar surface area (TPSA) is 155 Å². The molecule has 2 atom stereocenters. The van der Waals surface area contributed by atoms with E-state index in [0.29, 0.717) is 22.4 Å². The summed E-state index contributed by atoms with van der Waals surface area (Å²) in [5.74, 6) is -3.72. The number of rotatable bonds is 5. The summed E-state index contributed by atoms with van der Waals surface area (Å²) in [5.41, 5.74) is 8.17. The highest BCUT2D eigenvalue weighted by atomic mass is 35.5. The van der Waals surface area contributed by atoms with Crippen LogP contribution in [0.4, 0.5) is 27.6 Å². The number of benzene rings is 1. The highest BCUT2D eigenvalue weighted by molar-refractivity contribution is 6.33. The summed E-state index contributed by atoms with van der Waals surface area (Å²) in [5, 5.41) is 2.85. The van der Waals surface area contributed by atoms with E-state index < -0.39 is 59.3 Å². The minimum atomic E-state index is -4.81. The molecule has 0 unspecified atom stereocenters. The Hall–Kier alpha value is -4.24. The maximum atomic E-state index is 14.6. The number of primary amides is 1. The van der Waals surface area contributed by atoms with E-state index in [0.717, 1.165) is 13.0 Å². The molecule has 2 aromatic heterocycles. The van der Waals surface area contributed by atoms with Gasteiger partial charge in [-0.1, -0.05) is 23.2 Å². The molecule has 230 valence electrons. The van der Waals surface area contributed by atoms with E-state index in [1.807, 2.05) is 0 Å². The Kier molecular flexibility index (Phi) is 10.0. The Bertz CT molecular complexity index is 1590. The Morgan fingerprint density at radius 2 is 1.77 bits per heavy atom. The van der Waals surface area contributed by atoms with Crippen molar-refractivity contribution in [2.45, 2.75) is 38.1 Å². The lowest BCUT2D eigenvalue weighted by molar-refractivity contribution is -0.208. The Labute approximate surface area is 251 Å². The van der Waals surface area contributed by atoms with Crippen molar-refractivity contribution in [3.8, 4) is 5.75 Å². The van der Waals surface area contributed by atoms with Crippen molar-refractivity contribution in [1.29, 1.82) is 0 Å². The third kappa shape index (κ3) is 7.99.